The molecular weight excluding hydrogens is 282 g/mol. The molecule has 1 saturated heterocycles. The number of nitrogens with one attached hydrogen (secondary N) is 3. The molecule has 3 N–H and O–H groups in total. The normalized spacial score (nSPS) is 18.4. The van der Waals surface area contributed by atoms with Crippen molar-refractivity contribution in [2.45, 2.75) is 6.04 Å². The van der Waals surface area contributed by atoms with E-state index in [4.69, 9.17) is 16.3 Å². The molecule has 1 aliphatic rings. The first-order chi connectivity index (χ1) is 9.61. The van der Waals surface area contributed by atoms with Gasteiger partial charge in [0.05, 0.1) is 23.8 Å². The highest BCUT2D eigenvalue weighted by Gasteiger charge is 2.21. The van der Waals surface area contributed by atoms with Crippen LogP contribution in [0.4, 0.5) is 5.69 Å². The van der Waals surface area contributed by atoms with Gasteiger partial charge in [-0.05, 0) is 18.2 Å². The Morgan fingerprint density at radius 2 is 2.25 bits per heavy atom. The van der Waals surface area contributed by atoms with Crippen LogP contribution < -0.4 is 16.0 Å². The van der Waals surface area contributed by atoms with Crippen LogP contribution in [0.5, 0.6) is 0 Å². The zero-order valence-electron chi connectivity index (χ0n) is 11.0. The van der Waals surface area contributed by atoms with Gasteiger partial charge in [0, 0.05) is 19.3 Å². The molecule has 0 aromatic heterocycles. The summed E-state index contributed by atoms with van der Waals surface area (Å²) in [5.41, 5.74) is 0.909. The van der Waals surface area contributed by atoms with Crippen LogP contribution in [0.2, 0.25) is 5.02 Å². The molecule has 0 spiro atoms. The predicted octanol–water partition coefficient (Wildman–Crippen LogP) is 0.627. The molecule has 1 aromatic rings. The summed E-state index contributed by atoms with van der Waals surface area (Å²) < 4.78 is 5.23. The molecule has 0 saturated carbocycles. The van der Waals surface area contributed by atoms with Crippen LogP contribution in [0.1, 0.15) is 10.4 Å². The van der Waals surface area contributed by atoms with Crippen molar-refractivity contribution in [3.63, 3.8) is 0 Å². The van der Waals surface area contributed by atoms with Gasteiger partial charge in [-0.1, -0.05) is 11.6 Å². The number of rotatable bonds is 3. The molecule has 2 amide bonds. The number of carbonyl (C=O) groups excluding carboxylic acids is 2. The second-order valence-corrected chi connectivity index (χ2v) is 4.75. The third kappa shape index (κ3) is 3.47. The number of morpholine rings is 1. The van der Waals surface area contributed by atoms with Gasteiger partial charge in [0.2, 0.25) is 5.91 Å². The Kier molecular flexibility index (Phi) is 4.94. The fourth-order valence-electron chi connectivity index (χ4n) is 1.87. The van der Waals surface area contributed by atoms with Gasteiger partial charge in [0.15, 0.2) is 0 Å². The highest BCUT2D eigenvalue weighted by molar-refractivity contribution is 6.34. The van der Waals surface area contributed by atoms with Gasteiger partial charge in [0.1, 0.15) is 6.04 Å². The smallest absolute Gasteiger partial charge is 0.252 e. The Morgan fingerprint density at radius 1 is 1.45 bits per heavy atom. The maximum absolute atomic E-state index is 12.0. The van der Waals surface area contributed by atoms with Crippen molar-refractivity contribution in [2.75, 3.05) is 32.1 Å². The Hall–Kier alpha value is -1.63. The Bertz CT molecular complexity index is 516. The van der Waals surface area contributed by atoms with E-state index in [9.17, 15) is 9.59 Å². The lowest BCUT2D eigenvalue weighted by atomic mass is 10.2. The fraction of sp³-hybridized carbons (Fsp3) is 0.385. The summed E-state index contributed by atoms with van der Waals surface area (Å²) in [5.74, 6) is -0.455. The summed E-state index contributed by atoms with van der Waals surface area (Å²) >= 11 is 6.02. The van der Waals surface area contributed by atoms with Crippen LogP contribution >= 0.6 is 11.6 Å². The van der Waals surface area contributed by atoms with Crippen LogP contribution in [0.25, 0.3) is 0 Å². The molecule has 108 valence electrons. The SMILES string of the molecule is CNC(=O)c1ccc(NC(=O)C2COCCN2)cc1Cl. The van der Waals surface area contributed by atoms with E-state index in [-0.39, 0.29) is 22.9 Å². The van der Waals surface area contributed by atoms with E-state index in [1.807, 2.05) is 0 Å². The Labute approximate surface area is 121 Å². The third-order valence-corrected chi connectivity index (χ3v) is 3.26. The van der Waals surface area contributed by atoms with Crippen molar-refractivity contribution in [3.05, 3.63) is 28.8 Å². The highest BCUT2D eigenvalue weighted by atomic mass is 35.5. The number of hydrogen-bond acceptors (Lipinski definition) is 4. The quantitative estimate of drug-likeness (QED) is 0.764. The molecule has 2 rings (SSSR count). The van der Waals surface area contributed by atoms with Gasteiger partial charge in [-0.15, -0.1) is 0 Å². The minimum Gasteiger partial charge on any atom is -0.378 e. The number of halogens is 1. The molecule has 1 aliphatic heterocycles. The lowest BCUT2D eigenvalue weighted by Crippen LogP contribution is -2.48. The molecule has 1 unspecified atom stereocenters. The van der Waals surface area contributed by atoms with Crippen LogP contribution in [0.15, 0.2) is 18.2 Å². The summed E-state index contributed by atoms with van der Waals surface area (Å²) in [6.07, 6.45) is 0. The minimum absolute atomic E-state index is 0.187. The number of amides is 2. The van der Waals surface area contributed by atoms with Gasteiger partial charge in [-0.25, -0.2) is 0 Å². The number of carbonyl (C=O) groups is 2. The summed E-state index contributed by atoms with van der Waals surface area (Å²) in [4.78, 5) is 23.5. The van der Waals surface area contributed by atoms with Gasteiger partial charge in [-0.3, -0.25) is 9.59 Å². The maximum atomic E-state index is 12.0. The Morgan fingerprint density at radius 3 is 2.85 bits per heavy atom. The third-order valence-electron chi connectivity index (χ3n) is 2.95. The van der Waals surface area contributed by atoms with E-state index in [0.29, 0.717) is 31.0 Å². The summed E-state index contributed by atoms with van der Waals surface area (Å²) in [7, 11) is 1.53. The van der Waals surface area contributed by atoms with Crippen LogP contribution in [-0.4, -0.2) is 44.7 Å². The van der Waals surface area contributed by atoms with Gasteiger partial charge >= 0.3 is 0 Å². The molecule has 0 radical (unpaired) electrons. The molecule has 7 heteroatoms. The second kappa shape index (κ2) is 6.69. The topological polar surface area (TPSA) is 79.5 Å². The first-order valence-corrected chi connectivity index (χ1v) is 6.63. The number of ether oxygens (including phenoxy) is 1. The molecule has 0 aliphatic carbocycles. The lowest BCUT2D eigenvalue weighted by Gasteiger charge is -2.23. The monoisotopic (exact) mass is 297 g/mol. The zero-order chi connectivity index (χ0) is 14.5. The van der Waals surface area contributed by atoms with Crippen LogP contribution in [-0.2, 0) is 9.53 Å². The molecule has 6 nitrogen and oxygen atoms in total. The molecule has 1 fully saturated rings. The van der Waals surface area contributed by atoms with Gasteiger partial charge < -0.3 is 20.7 Å². The summed E-state index contributed by atoms with van der Waals surface area (Å²) in [6, 6.07) is 4.38. The lowest BCUT2D eigenvalue weighted by molar-refractivity contribution is -0.120. The number of benzene rings is 1. The van der Waals surface area contributed by atoms with E-state index in [1.54, 1.807) is 18.2 Å². The molecule has 1 atom stereocenters. The van der Waals surface area contributed by atoms with Crippen LogP contribution in [0, 0.1) is 0 Å². The molecule has 1 aromatic carbocycles. The van der Waals surface area contributed by atoms with E-state index in [1.165, 1.54) is 7.05 Å². The molecule has 1 heterocycles. The minimum atomic E-state index is -0.374. The van der Waals surface area contributed by atoms with Gasteiger partial charge in [-0.2, -0.15) is 0 Å². The molecular formula is C13H16ClN3O3. The highest BCUT2D eigenvalue weighted by Crippen LogP contribution is 2.21. The maximum Gasteiger partial charge on any atom is 0.252 e. The van der Waals surface area contributed by atoms with Crippen molar-refractivity contribution >= 4 is 29.1 Å². The Balaban J connectivity index is 2.04. The molecule has 20 heavy (non-hydrogen) atoms. The first kappa shape index (κ1) is 14.8. The van der Waals surface area contributed by atoms with E-state index < -0.39 is 0 Å². The van der Waals surface area contributed by atoms with Crippen molar-refractivity contribution in [2.24, 2.45) is 0 Å². The van der Waals surface area contributed by atoms with Crippen molar-refractivity contribution in [1.82, 2.24) is 10.6 Å². The van der Waals surface area contributed by atoms with Gasteiger partial charge in [0.25, 0.3) is 5.91 Å². The fourth-order valence-corrected chi connectivity index (χ4v) is 2.14. The van der Waals surface area contributed by atoms with E-state index in [0.717, 1.165) is 0 Å². The second-order valence-electron chi connectivity index (χ2n) is 4.34. The van der Waals surface area contributed by atoms with E-state index in [2.05, 4.69) is 16.0 Å². The largest absolute Gasteiger partial charge is 0.378 e. The predicted molar refractivity (Wildman–Crippen MR) is 76.1 cm³/mol. The summed E-state index contributed by atoms with van der Waals surface area (Å²) in [5, 5.41) is 8.58. The average molecular weight is 298 g/mol. The first-order valence-electron chi connectivity index (χ1n) is 6.25. The van der Waals surface area contributed by atoms with Crippen molar-refractivity contribution < 1.29 is 14.3 Å². The van der Waals surface area contributed by atoms with Crippen LogP contribution in [0.3, 0.4) is 0 Å². The van der Waals surface area contributed by atoms with Crippen molar-refractivity contribution in [3.8, 4) is 0 Å². The van der Waals surface area contributed by atoms with Crippen molar-refractivity contribution in [1.29, 1.82) is 0 Å². The zero-order valence-corrected chi connectivity index (χ0v) is 11.8. The number of hydrogen-bond donors (Lipinski definition) is 3. The number of anilines is 1. The molecule has 0 bridgehead atoms. The average Bonchev–Trinajstić information content (AvgIpc) is 2.47. The van der Waals surface area contributed by atoms with E-state index >= 15 is 0 Å². The standard InChI is InChI=1S/C13H16ClN3O3/c1-15-12(18)9-3-2-8(6-10(9)14)17-13(19)11-7-20-5-4-16-11/h2-3,6,11,16H,4-5,7H2,1H3,(H,15,18)(H,17,19). The summed E-state index contributed by atoms with van der Waals surface area (Å²) in [6.45, 7) is 1.60.